The normalized spacial score (nSPS) is 22.1. The van der Waals surface area contributed by atoms with E-state index in [-0.39, 0.29) is 29.7 Å². The third-order valence-electron chi connectivity index (χ3n) is 5.30. The number of piperidine rings is 1. The van der Waals surface area contributed by atoms with Crippen LogP contribution in [0.2, 0.25) is 0 Å². The summed E-state index contributed by atoms with van der Waals surface area (Å²) in [6.45, 7) is 3.85. The van der Waals surface area contributed by atoms with Crippen molar-refractivity contribution in [1.29, 1.82) is 0 Å². The van der Waals surface area contributed by atoms with Crippen LogP contribution in [0.1, 0.15) is 50.6 Å². The van der Waals surface area contributed by atoms with E-state index in [1.165, 1.54) is 12.1 Å². The highest BCUT2D eigenvalue weighted by molar-refractivity contribution is 5.81. The minimum Gasteiger partial charge on any atom is -0.383 e. The van der Waals surface area contributed by atoms with Gasteiger partial charge in [-0.1, -0.05) is 19.1 Å². The molecule has 0 spiro atoms. The average molecular weight is 334 g/mol. The molecule has 132 valence electrons. The van der Waals surface area contributed by atoms with Crippen molar-refractivity contribution in [3.05, 3.63) is 35.6 Å². The lowest BCUT2D eigenvalue weighted by atomic mass is 9.89. The van der Waals surface area contributed by atoms with Gasteiger partial charge in [-0.25, -0.2) is 4.39 Å². The van der Waals surface area contributed by atoms with Crippen LogP contribution in [0.15, 0.2) is 24.3 Å². The first-order valence-corrected chi connectivity index (χ1v) is 9.06. The lowest BCUT2D eigenvalue weighted by Crippen LogP contribution is -2.45. The van der Waals surface area contributed by atoms with Gasteiger partial charge in [-0.15, -0.1) is 0 Å². The molecule has 1 aliphatic heterocycles. The number of halogens is 1. The Kier molecular flexibility index (Phi) is 5.51. The topological polar surface area (TPSA) is 52.6 Å². The summed E-state index contributed by atoms with van der Waals surface area (Å²) in [6, 6.07) is 7.29. The van der Waals surface area contributed by atoms with Crippen LogP contribution in [0.3, 0.4) is 0 Å². The molecule has 1 aromatic rings. The zero-order chi connectivity index (χ0) is 17.1. The molecule has 4 nitrogen and oxygen atoms in total. The zero-order valence-corrected chi connectivity index (χ0v) is 14.2. The molecule has 0 bridgehead atoms. The number of carbonyl (C=O) groups is 1. The molecule has 2 N–H and O–H groups in total. The largest absolute Gasteiger partial charge is 0.383 e. The van der Waals surface area contributed by atoms with Gasteiger partial charge >= 0.3 is 0 Å². The van der Waals surface area contributed by atoms with Crippen LogP contribution in [-0.4, -0.2) is 41.1 Å². The second kappa shape index (κ2) is 7.62. The number of aliphatic hydroxyl groups is 1. The molecule has 3 rings (SSSR count). The quantitative estimate of drug-likeness (QED) is 0.841. The van der Waals surface area contributed by atoms with Gasteiger partial charge in [0.25, 0.3) is 0 Å². The van der Waals surface area contributed by atoms with Crippen LogP contribution in [-0.2, 0) is 4.79 Å². The Balaban J connectivity index is 1.54. The van der Waals surface area contributed by atoms with Crippen LogP contribution in [0.5, 0.6) is 0 Å². The highest BCUT2D eigenvalue weighted by Gasteiger charge is 2.34. The van der Waals surface area contributed by atoms with E-state index in [9.17, 15) is 14.3 Å². The number of hydrogen-bond donors (Lipinski definition) is 2. The van der Waals surface area contributed by atoms with Gasteiger partial charge in [0.15, 0.2) is 0 Å². The smallest absolute Gasteiger partial charge is 0.249 e. The van der Waals surface area contributed by atoms with Crippen LogP contribution in [0.4, 0.5) is 4.39 Å². The third kappa shape index (κ3) is 4.14. The molecule has 5 heteroatoms. The minimum atomic E-state index is -0.890. The molecule has 1 saturated carbocycles. The molecule has 1 heterocycles. The van der Waals surface area contributed by atoms with E-state index in [2.05, 4.69) is 17.1 Å². The van der Waals surface area contributed by atoms with E-state index in [1.807, 2.05) is 12.1 Å². The van der Waals surface area contributed by atoms with E-state index in [4.69, 9.17) is 0 Å². The third-order valence-corrected chi connectivity index (χ3v) is 5.30. The van der Waals surface area contributed by atoms with Crippen molar-refractivity contribution < 1.29 is 14.3 Å². The molecular weight excluding hydrogens is 307 g/mol. The number of likely N-dealkylation sites (tertiary alicyclic amines) is 1. The van der Waals surface area contributed by atoms with Crippen LogP contribution < -0.4 is 5.32 Å². The Hall–Kier alpha value is -1.46. The van der Waals surface area contributed by atoms with Crippen molar-refractivity contribution in [1.82, 2.24) is 10.2 Å². The van der Waals surface area contributed by atoms with Crippen LogP contribution in [0, 0.1) is 11.7 Å². The number of benzene rings is 1. The second-order valence-electron chi connectivity index (χ2n) is 7.08. The lowest BCUT2D eigenvalue weighted by Gasteiger charge is -2.38. The van der Waals surface area contributed by atoms with E-state index in [0.29, 0.717) is 0 Å². The summed E-state index contributed by atoms with van der Waals surface area (Å²) in [7, 11) is 0. The van der Waals surface area contributed by atoms with Crippen molar-refractivity contribution in [3.8, 4) is 0 Å². The first-order chi connectivity index (χ1) is 11.6. The monoisotopic (exact) mass is 334 g/mol. The van der Waals surface area contributed by atoms with Crippen molar-refractivity contribution in [2.24, 2.45) is 5.92 Å². The predicted molar refractivity (Wildman–Crippen MR) is 90.9 cm³/mol. The van der Waals surface area contributed by atoms with Crippen molar-refractivity contribution >= 4 is 5.91 Å². The van der Waals surface area contributed by atoms with Gasteiger partial charge in [0.1, 0.15) is 11.9 Å². The number of nitrogens with one attached hydrogen (secondary N) is 1. The van der Waals surface area contributed by atoms with E-state index < -0.39 is 6.10 Å². The SMILES string of the molecule is CC[C@H](c1ccc(F)cc1)N1CCC([C@H](O)C(=O)NC2CC2)CC1. The standard InChI is InChI=1S/C19H27FN2O2/c1-2-17(13-3-5-15(20)6-4-13)22-11-9-14(10-12-22)18(23)19(24)21-16-7-8-16/h3-6,14,16-18,23H,2,7-12H2,1H3,(H,21,24)/t17-,18+/m1/s1. The second-order valence-corrected chi connectivity index (χ2v) is 7.08. The van der Waals surface area contributed by atoms with E-state index in [0.717, 1.165) is 50.8 Å². The number of rotatable bonds is 6. The predicted octanol–water partition coefficient (Wildman–Crippen LogP) is 2.63. The van der Waals surface area contributed by atoms with Crippen LogP contribution >= 0.6 is 0 Å². The van der Waals surface area contributed by atoms with Gasteiger partial charge in [-0.05, 0) is 68.8 Å². The fraction of sp³-hybridized carbons (Fsp3) is 0.632. The maximum absolute atomic E-state index is 13.1. The molecule has 1 aliphatic carbocycles. The Bertz CT molecular complexity index is 551. The molecule has 2 fully saturated rings. The van der Waals surface area contributed by atoms with Crippen LogP contribution in [0.25, 0.3) is 0 Å². The van der Waals surface area contributed by atoms with Crippen molar-refractivity contribution in [2.45, 2.75) is 57.2 Å². The highest BCUT2D eigenvalue weighted by Crippen LogP contribution is 2.31. The summed E-state index contributed by atoms with van der Waals surface area (Å²) in [5.41, 5.74) is 1.13. The van der Waals surface area contributed by atoms with E-state index >= 15 is 0 Å². The molecule has 0 unspecified atom stereocenters. The summed E-state index contributed by atoms with van der Waals surface area (Å²) in [5.74, 6) is -0.385. The molecule has 24 heavy (non-hydrogen) atoms. The molecule has 1 amide bonds. The van der Waals surface area contributed by atoms with E-state index in [1.54, 1.807) is 0 Å². The lowest BCUT2D eigenvalue weighted by molar-refractivity contribution is -0.133. The summed E-state index contributed by atoms with van der Waals surface area (Å²) in [5, 5.41) is 13.2. The Labute approximate surface area is 143 Å². The molecular formula is C19H27FN2O2. The van der Waals surface area contributed by atoms with Gasteiger partial charge in [-0.2, -0.15) is 0 Å². The Morgan fingerprint density at radius 1 is 1.25 bits per heavy atom. The molecule has 1 saturated heterocycles. The summed E-state index contributed by atoms with van der Waals surface area (Å²) < 4.78 is 13.1. The molecule has 1 aromatic carbocycles. The summed E-state index contributed by atoms with van der Waals surface area (Å²) >= 11 is 0. The number of hydrogen-bond acceptors (Lipinski definition) is 3. The van der Waals surface area contributed by atoms with Gasteiger partial charge in [0.2, 0.25) is 5.91 Å². The molecule has 2 atom stereocenters. The van der Waals surface area contributed by atoms with Gasteiger partial charge in [-0.3, -0.25) is 9.69 Å². The fourth-order valence-corrected chi connectivity index (χ4v) is 3.66. The zero-order valence-electron chi connectivity index (χ0n) is 14.2. The van der Waals surface area contributed by atoms with Gasteiger partial charge in [0.05, 0.1) is 0 Å². The maximum atomic E-state index is 13.1. The summed E-state index contributed by atoms with van der Waals surface area (Å²) in [4.78, 5) is 14.4. The van der Waals surface area contributed by atoms with Gasteiger partial charge in [0, 0.05) is 12.1 Å². The first kappa shape index (κ1) is 17.4. The number of amides is 1. The number of aliphatic hydroxyl groups excluding tert-OH is 1. The summed E-state index contributed by atoms with van der Waals surface area (Å²) in [6.07, 6.45) is 3.77. The van der Waals surface area contributed by atoms with Crippen molar-refractivity contribution in [2.75, 3.05) is 13.1 Å². The average Bonchev–Trinajstić information content (AvgIpc) is 3.41. The number of carbonyl (C=O) groups excluding carboxylic acids is 1. The van der Waals surface area contributed by atoms with Crippen molar-refractivity contribution in [3.63, 3.8) is 0 Å². The maximum Gasteiger partial charge on any atom is 0.249 e. The molecule has 2 aliphatic rings. The van der Waals surface area contributed by atoms with Gasteiger partial charge < -0.3 is 10.4 Å². The first-order valence-electron chi connectivity index (χ1n) is 9.06. The fourth-order valence-electron chi connectivity index (χ4n) is 3.66. The highest BCUT2D eigenvalue weighted by atomic mass is 19.1. The molecule has 0 radical (unpaired) electrons. The number of nitrogens with zero attached hydrogens (tertiary/aromatic N) is 1. The minimum absolute atomic E-state index is 0.0331. The molecule has 0 aromatic heterocycles. The Morgan fingerprint density at radius 3 is 2.42 bits per heavy atom. The Morgan fingerprint density at radius 2 is 1.88 bits per heavy atom.